The Bertz CT molecular complexity index is 1030. The molecule has 1 atom stereocenters. The lowest BCUT2D eigenvalue weighted by Gasteiger charge is -2.22. The number of hydrogen-bond acceptors (Lipinski definition) is 7. The summed E-state index contributed by atoms with van der Waals surface area (Å²) in [6, 6.07) is 8.10. The molecular weight excluding hydrogens is 432 g/mol. The van der Waals surface area contributed by atoms with Crippen molar-refractivity contribution < 1.29 is 14.3 Å². The average Bonchev–Trinajstić information content (AvgIpc) is 3.36. The quantitative estimate of drug-likeness (QED) is 0.400. The van der Waals surface area contributed by atoms with Crippen LogP contribution in [-0.4, -0.2) is 43.2 Å². The van der Waals surface area contributed by atoms with Gasteiger partial charge in [0.25, 0.3) is 5.91 Å². The number of aromatic nitrogens is 1. The summed E-state index contributed by atoms with van der Waals surface area (Å²) in [5, 5.41) is 8.91. The monoisotopic (exact) mass is 464 g/mol. The highest BCUT2D eigenvalue weighted by Crippen LogP contribution is 2.29. The highest BCUT2D eigenvalue weighted by atomic mass is 16.5. The number of pyridine rings is 1. The smallest absolute Gasteiger partial charge is 0.252 e. The third-order valence-corrected chi connectivity index (χ3v) is 5.75. The molecule has 9 heteroatoms. The summed E-state index contributed by atoms with van der Waals surface area (Å²) in [7, 11) is 3.13. The minimum atomic E-state index is -0.710. The molecule has 0 bridgehead atoms. The van der Waals surface area contributed by atoms with Crippen LogP contribution in [0.1, 0.15) is 42.5 Å². The van der Waals surface area contributed by atoms with Crippen molar-refractivity contribution in [2.75, 3.05) is 19.5 Å². The standard InChI is InChI=1S/C25H32N6O3/c1-27-16-21(15-26)30-25(33)23(11-17-5-3-4-6-17)31-24(32)18-12-20(14-22(13-18)34-2)29-19-7-9-28-10-8-19/h7-10,12-17,23H,3-6,11,26H2,1-2H3,(H,28,29)(H,30,33)(H,31,32)/b21-15+,27-16?. The van der Waals surface area contributed by atoms with Crippen LogP contribution in [0.15, 0.2) is 59.6 Å². The van der Waals surface area contributed by atoms with Gasteiger partial charge in [-0.2, -0.15) is 0 Å². The predicted octanol–water partition coefficient (Wildman–Crippen LogP) is 3.13. The zero-order valence-electron chi connectivity index (χ0n) is 19.6. The van der Waals surface area contributed by atoms with Crippen LogP contribution in [0.2, 0.25) is 0 Å². The zero-order valence-corrected chi connectivity index (χ0v) is 19.6. The van der Waals surface area contributed by atoms with Gasteiger partial charge < -0.3 is 26.4 Å². The number of amides is 2. The van der Waals surface area contributed by atoms with Gasteiger partial charge in [-0.3, -0.25) is 19.6 Å². The maximum absolute atomic E-state index is 13.2. The van der Waals surface area contributed by atoms with Crippen molar-refractivity contribution in [2.24, 2.45) is 16.6 Å². The van der Waals surface area contributed by atoms with Gasteiger partial charge in [-0.05, 0) is 36.6 Å². The summed E-state index contributed by atoms with van der Waals surface area (Å²) >= 11 is 0. The Hall–Kier alpha value is -3.88. The Balaban J connectivity index is 1.80. The number of nitrogens with zero attached hydrogens (tertiary/aromatic N) is 2. The van der Waals surface area contributed by atoms with Gasteiger partial charge in [-0.25, -0.2) is 0 Å². The summed E-state index contributed by atoms with van der Waals surface area (Å²) < 4.78 is 5.39. The Morgan fingerprint density at radius 3 is 2.59 bits per heavy atom. The number of carbonyl (C=O) groups excluding carboxylic acids is 2. The van der Waals surface area contributed by atoms with Gasteiger partial charge in [-0.15, -0.1) is 0 Å². The molecule has 3 rings (SSSR count). The van der Waals surface area contributed by atoms with Crippen LogP contribution in [0.25, 0.3) is 0 Å². The number of allylic oxidation sites excluding steroid dienone is 1. The molecule has 1 aliphatic rings. The number of anilines is 2. The van der Waals surface area contributed by atoms with E-state index < -0.39 is 6.04 Å². The number of ether oxygens (including phenoxy) is 1. The Morgan fingerprint density at radius 2 is 1.94 bits per heavy atom. The van der Waals surface area contributed by atoms with E-state index in [2.05, 4.69) is 25.9 Å². The highest BCUT2D eigenvalue weighted by molar-refractivity contribution is 5.99. The van der Waals surface area contributed by atoms with Crippen molar-refractivity contribution in [3.8, 4) is 5.75 Å². The predicted molar refractivity (Wildman–Crippen MR) is 133 cm³/mol. The number of methoxy groups -OCH3 is 1. The molecule has 5 N–H and O–H groups in total. The van der Waals surface area contributed by atoms with Crippen LogP contribution >= 0.6 is 0 Å². The summed E-state index contributed by atoms with van der Waals surface area (Å²) in [5.74, 6) is 0.219. The second-order valence-corrected chi connectivity index (χ2v) is 8.22. The lowest BCUT2D eigenvalue weighted by atomic mass is 9.97. The summed E-state index contributed by atoms with van der Waals surface area (Å²) in [4.78, 5) is 34.2. The topological polar surface area (TPSA) is 131 Å². The van der Waals surface area contributed by atoms with Crippen molar-refractivity contribution in [3.05, 3.63) is 60.2 Å². The zero-order chi connectivity index (χ0) is 24.3. The van der Waals surface area contributed by atoms with Gasteiger partial charge in [-0.1, -0.05) is 25.7 Å². The van der Waals surface area contributed by atoms with E-state index in [0.29, 0.717) is 35.0 Å². The van der Waals surface area contributed by atoms with E-state index in [9.17, 15) is 9.59 Å². The third kappa shape index (κ3) is 7.06. The molecule has 1 unspecified atom stereocenters. The molecule has 0 aliphatic heterocycles. The van der Waals surface area contributed by atoms with Crippen molar-refractivity contribution in [1.29, 1.82) is 0 Å². The lowest BCUT2D eigenvalue weighted by Crippen LogP contribution is -2.47. The molecule has 0 radical (unpaired) electrons. The van der Waals surface area contributed by atoms with Crippen LogP contribution in [-0.2, 0) is 4.79 Å². The van der Waals surface area contributed by atoms with E-state index in [1.807, 2.05) is 12.1 Å². The molecular formula is C25H32N6O3. The van der Waals surface area contributed by atoms with Crippen LogP contribution in [0.5, 0.6) is 5.75 Å². The van der Waals surface area contributed by atoms with Gasteiger partial charge in [0.05, 0.1) is 12.8 Å². The molecule has 34 heavy (non-hydrogen) atoms. The van der Waals surface area contributed by atoms with Gasteiger partial charge in [0.1, 0.15) is 11.8 Å². The van der Waals surface area contributed by atoms with E-state index in [0.717, 1.165) is 31.4 Å². The minimum Gasteiger partial charge on any atom is -0.497 e. The largest absolute Gasteiger partial charge is 0.497 e. The van der Waals surface area contributed by atoms with Crippen molar-refractivity contribution in [1.82, 2.24) is 15.6 Å². The number of nitrogens with two attached hydrogens (primary N) is 1. The molecule has 0 saturated heterocycles. The fraction of sp³-hybridized carbons (Fsp3) is 0.360. The van der Waals surface area contributed by atoms with E-state index in [-0.39, 0.29) is 11.8 Å². The fourth-order valence-electron chi connectivity index (χ4n) is 4.06. The summed E-state index contributed by atoms with van der Waals surface area (Å²) in [5.41, 5.74) is 7.86. The van der Waals surface area contributed by atoms with Crippen LogP contribution in [0.4, 0.5) is 11.4 Å². The first kappa shape index (κ1) is 24.8. The van der Waals surface area contributed by atoms with E-state index in [1.165, 1.54) is 12.4 Å². The molecule has 1 aliphatic carbocycles. The molecule has 0 spiro atoms. The highest BCUT2D eigenvalue weighted by Gasteiger charge is 2.27. The lowest BCUT2D eigenvalue weighted by molar-refractivity contribution is -0.122. The number of aliphatic imine (C=N–C) groups is 1. The van der Waals surface area contributed by atoms with Gasteiger partial charge in [0.2, 0.25) is 5.91 Å². The molecule has 1 aromatic carbocycles. The second-order valence-electron chi connectivity index (χ2n) is 8.22. The van der Waals surface area contributed by atoms with Crippen molar-refractivity contribution >= 4 is 29.4 Å². The molecule has 1 saturated carbocycles. The summed E-state index contributed by atoms with van der Waals surface area (Å²) in [6.07, 6.45) is 11.0. The maximum Gasteiger partial charge on any atom is 0.252 e. The van der Waals surface area contributed by atoms with Crippen LogP contribution in [0.3, 0.4) is 0 Å². The summed E-state index contributed by atoms with van der Waals surface area (Å²) in [6.45, 7) is 0. The van der Waals surface area contributed by atoms with Gasteiger partial charge in [0.15, 0.2) is 0 Å². The first-order valence-electron chi connectivity index (χ1n) is 11.3. The van der Waals surface area contributed by atoms with Crippen LogP contribution in [0, 0.1) is 5.92 Å². The van der Waals surface area contributed by atoms with E-state index in [1.54, 1.807) is 44.8 Å². The maximum atomic E-state index is 13.2. The number of hydrogen-bond donors (Lipinski definition) is 4. The third-order valence-electron chi connectivity index (χ3n) is 5.75. The Kier molecular flexibility index (Phi) is 9.02. The minimum absolute atomic E-state index is 0.324. The fourth-order valence-corrected chi connectivity index (χ4v) is 4.06. The molecule has 1 aromatic heterocycles. The van der Waals surface area contributed by atoms with Gasteiger partial charge >= 0.3 is 0 Å². The molecule has 180 valence electrons. The number of rotatable bonds is 10. The Labute approximate surface area is 199 Å². The first-order chi connectivity index (χ1) is 16.5. The van der Waals surface area contributed by atoms with E-state index in [4.69, 9.17) is 10.5 Å². The molecule has 9 nitrogen and oxygen atoms in total. The average molecular weight is 465 g/mol. The normalized spacial score (nSPS) is 15.2. The van der Waals surface area contributed by atoms with Gasteiger partial charge in [0, 0.05) is 54.9 Å². The first-order valence-corrected chi connectivity index (χ1v) is 11.3. The second kappa shape index (κ2) is 12.4. The number of carbonyl (C=O) groups is 2. The number of nitrogens with one attached hydrogen (secondary N) is 3. The molecule has 1 fully saturated rings. The molecule has 2 amide bonds. The SMILES string of the molecule is CN=C/C(=C\N)NC(=O)C(CC1CCCC1)NC(=O)c1cc(Nc2ccncc2)cc(OC)c1. The molecule has 1 heterocycles. The van der Waals surface area contributed by atoms with Crippen molar-refractivity contribution in [2.45, 2.75) is 38.1 Å². The number of benzene rings is 1. The Morgan fingerprint density at radius 1 is 1.21 bits per heavy atom. The van der Waals surface area contributed by atoms with Crippen molar-refractivity contribution in [3.63, 3.8) is 0 Å². The van der Waals surface area contributed by atoms with E-state index >= 15 is 0 Å². The molecule has 2 aromatic rings. The van der Waals surface area contributed by atoms with Crippen LogP contribution < -0.4 is 26.4 Å².